The smallest absolute Gasteiger partial charge is 0.252 e. The van der Waals surface area contributed by atoms with Crippen LogP contribution in [0.25, 0.3) is 0 Å². The van der Waals surface area contributed by atoms with Gasteiger partial charge in [0.15, 0.2) is 0 Å². The molecule has 1 aliphatic rings. The first kappa shape index (κ1) is 13.4. The summed E-state index contributed by atoms with van der Waals surface area (Å²) in [6.07, 6.45) is 0. The van der Waals surface area contributed by atoms with Crippen molar-refractivity contribution in [2.24, 2.45) is 0 Å². The first-order chi connectivity index (χ1) is 6.84. The molecule has 15 heavy (non-hydrogen) atoms. The van der Waals surface area contributed by atoms with Crippen LogP contribution >= 0.6 is 0 Å². The number of rotatable bonds is 1. The fourth-order valence-electron chi connectivity index (χ4n) is 0.631. The molecule has 0 aromatic carbocycles. The van der Waals surface area contributed by atoms with Crippen LogP contribution in [0, 0.1) is 0 Å². The van der Waals surface area contributed by atoms with Gasteiger partial charge in [-0.2, -0.15) is 0 Å². The third-order valence-electron chi connectivity index (χ3n) is 1.57. The summed E-state index contributed by atoms with van der Waals surface area (Å²) in [5, 5.41) is 2.06. The quantitative estimate of drug-likeness (QED) is 0.494. The van der Waals surface area contributed by atoms with Gasteiger partial charge in [-0.3, -0.25) is 19.7 Å². The van der Waals surface area contributed by atoms with Crippen LogP contribution in [0.3, 0.4) is 0 Å². The number of nitrogens with zero attached hydrogens (tertiary/aromatic N) is 1. The molecule has 1 rings (SSSR count). The summed E-state index contributed by atoms with van der Waals surface area (Å²) < 4.78 is 0. The summed E-state index contributed by atoms with van der Waals surface area (Å²) in [7, 11) is 0. The predicted molar refractivity (Wildman–Crippen MR) is 55.9 cm³/mol. The first-order valence-corrected chi connectivity index (χ1v) is 4.57. The summed E-state index contributed by atoms with van der Waals surface area (Å²) in [6.45, 7) is 9.72. The second-order valence-corrected chi connectivity index (χ2v) is 3.30. The fourth-order valence-corrected chi connectivity index (χ4v) is 0.631. The number of hydrogen-bond acceptors (Lipinski definition) is 3. The Labute approximate surface area is 89.1 Å². The SMILES string of the molecule is C=C(C)C(=O)NC(C)=O.CC(=O)N1CC1. The Morgan fingerprint density at radius 3 is 1.67 bits per heavy atom. The van der Waals surface area contributed by atoms with E-state index in [-0.39, 0.29) is 11.8 Å². The number of carbonyl (C=O) groups excluding carboxylic acids is 3. The molecule has 0 saturated carbocycles. The van der Waals surface area contributed by atoms with Gasteiger partial charge < -0.3 is 4.90 Å². The van der Waals surface area contributed by atoms with Crippen molar-refractivity contribution in [1.29, 1.82) is 0 Å². The summed E-state index contributed by atoms with van der Waals surface area (Å²) >= 11 is 0. The minimum atomic E-state index is -0.414. The molecule has 1 fully saturated rings. The zero-order chi connectivity index (χ0) is 12.0. The van der Waals surface area contributed by atoms with E-state index >= 15 is 0 Å². The van der Waals surface area contributed by atoms with Gasteiger partial charge >= 0.3 is 0 Å². The Hall–Kier alpha value is -1.65. The molecule has 0 aliphatic carbocycles. The summed E-state index contributed by atoms with van der Waals surface area (Å²) in [6, 6.07) is 0. The Kier molecular flexibility index (Phi) is 5.30. The summed E-state index contributed by atoms with van der Waals surface area (Å²) in [5.74, 6) is -0.569. The molecule has 0 bridgehead atoms. The molecule has 0 unspecified atom stereocenters. The predicted octanol–water partition coefficient (Wildman–Crippen LogP) is 0.0737. The highest BCUT2D eigenvalue weighted by Gasteiger charge is 2.18. The number of imide groups is 1. The molecule has 1 heterocycles. The van der Waals surface area contributed by atoms with E-state index in [4.69, 9.17) is 0 Å². The lowest BCUT2D eigenvalue weighted by Crippen LogP contribution is -2.28. The van der Waals surface area contributed by atoms with Gasteiger partial charge in [0.2, 0.25) is 11.8 Å². The highest BCUT2D eigenvalue weighted by atomic mass is 16.2. The van der Waals surface area contributed by atoms with Gasteiger partial charge in [0, 0.05) is 32.5 Å². The maximum absolute atomic E-state index is 10.5. The molecule has 5 heteroatoms. The van der Waals surface area contributed by atoms with Gasteiger partial charge in [0.05, 0.1) is 0 Å². The lowest BCUT2D eigenvalue weighted by molar-refractivity contribution is -0.127. The van der Waals surface area contributed by atoms with Crippen LogP contribution < -0.4 is 5.32 Å². The van der Waals surface area contributed by atoms with Crippen LogP contribution in [-0.2, 0) is 14.4 Å². The van der Waals surface area contributed by atoms with Crippen LogP contribution in [0.2, 0.25) is 0 Å². The first-order valence-electron chi connectivity index (χ1n) is 4.57. The van der Waals surface area contributed by atoms with E-state index in [1.807, 2.05) is 0 Å². The van der Waals surface area contributed by atoms with E-state index in [1.54, 1.807) is 11.8 Å². The summed E-state index contributed by atoms with van der Waals surface area (Å²) in [4.78, 5) is 32.6. The molecule has 1 saturated heterocycles. The van der Waals surface area contributed by atoms with Crippen molar-refractivity contribution in [2.75, 3.05) is 13.1 Å². The second-order valence-electron chi connectivity index (χ2n) is 3.30. The van der Waals surface area contributed by atoms with E-state index in [2.05, 4.69) is 11.9 Å². The Balaban J connectivity index is 0.000000280. The molecule has 0 aromatic rings. The third-order valence-corrected chi connectivity index (χ3v) is 1.57. The van der Waals surface area contributed by atoms with Gasteiger partial charge in [-0.05, 0) is 6.92 Å². The van der Waals surface area contributed by atoms with E-state index in [9.17, 15) is 14.4 Å². The van der Waals surface area contributed by atoms with Gasteiger partial charge in [0.1, 0.15) is 0 Å². The normalized spacial score (nSPS) is 12.1. The second kappa shape index (κ2) is 5.95. The topological polar surface area (TPSA) is 66.2 Å². The monoisotopic (exact) mass is 212 g/mol. The highest BCUT2D eigenvalue weighted by molar-refractivity contribution is 6.02. The molecule has 1 N–H and O–H groups in total. The Morgan fingerprint density at radius 2 is 1.60 bits per heavy atom. The third kappa shape index (κ3) is 7.42. The minimum Gasteiger partial charge on any atom is -0.339 e. The van der Waals surface area contributed by atoms with Gasteiger partial charge in [-0.25, -0.2) is 0 Å². The van der Waals surface area contributed by atoms with Gasteiger partial charge in [-0.15, -0.1) is 0 Å². The lowest BCUT2D eigenvalue weighted by Gasteiger charge is -1.96. The number of nitrogens with one attached hydrogen (secondary N) is 1. The summed E-state index contributed by atoms with van der Waals surface area (Å²) in [5.41, 5.74) is 0.338. The van der Waals surface area contributed by atoms with E-state index in [1.165, 1.54) is 13.8 Å². The largest absolute Gasteiger partial charge is 0.339 e. The van der Waals surface area contributed by atoms with Crippen molar-refractivity contribution in [3.63, 3.8) is 0 Å². The van der Waals surface area contributed by atoms with Gasteiger partial charge in [0.25, 0.3) is 5.91 Å². The standard InChI is InChI=1S/C6H9NO2.C4H7NO/c1-4(2)6(9)7-5(3)8;1-4(6)5-2-3-5/h1H2,2-3H3,(H,7,8,9);2-3H2,1H3. The number of amides is 3. The van der Waals surface area contributed by atoms with Gasteiger partial charge in [-0.1, -0.05) is 6.58 Å². The Bertz CT molecular complexity index is 293. The van der Waals surface area contributed by atoms with Crippen LogP contribution in [0.5, 0.6) is 0 Å². The molecule has 0 spiro atoms. The van der Waals surface area contributed by atoms with Crippen molar-refractivity contribution >= 4 is 17.7 Å². The fraction of sp³-hybridized carbons (Fsp3) is 0.500. The zero-order valence-corrected chi connectivity index (χ0v) is 9.29. The highest BCUT2D eigenvalue weighted by Crippen LogP contribution is 2.00. The molecule has 0 atom stereocenters. The van der Waals surface area contributed by atoms with Crippen LogP contribution in [0.4, 0.5) is 0 Å². The Morgan fingerprint density at radius 1 is 1.13 bits per heavy atom. The average Bonchev–Trinajstić information content (AvgIpc) is 2.85. The van der Waals surface area contributed by atoms with Crippen LogP contribution in [0.15, 0.2) is 12.2 Å². The molecule has 0 aromatic heterocycles. The van der Waals surface area contributed by atoms with E-state index in [0.717, 1.165) is 13.1 Å². The zero-order valence-electron chi connectivity index (χ0n) is 9.29. The lowest BCUT2D eigenvalue weighted by atomic mass is 10.3. The number of hydrogen-bond donors (Lipinski definition) is 1. The molecule has 84 valence electrons. The molecule has 3 amide bonds. The molecular formula is C10H16N2O3. The maximum Gasteiger partial charge on any atom is 0.252 e. The number of carbonyl (C=O) groups is 3. The molecule has 1 aliphatic heterocycles. The van der Waals surface area contributed by atoms with Crippen molar-refractivity contribution in [1.82, 2.24) is 10.2 Å². The van der Waals surface area contributed by atoms with Crippen molar-refractivity contribution in [2.45, 2.75) is 20.8 Å². The van der Waals surface area contributed by atoms with Crippen molar-refractivity contribution < 1.29 is 14.4 Å². The average molecular weight is 212 g/mol. The van der Waals surface area contributed by atoms with Crippen molar-refractivity contribution in [3.8, 4) is 0 Å². The van der Waals surface area contributed by atoms with Crippen LogP contribution in [-0.4, -0.2) is 35.7 Å². The minimum absolute atomic E-state index is 0.204. The van der Waals surface area contributed by atoms with Crippen molar-refractivity contribution in [3.05, 3.63) is 12.2 Å². The molecule has 0 radical (unpaired) electrons. The molecular weight excluding hydrogens is 196 g/mol. The van der Waals surface area contributed by atoms with Crippen LogP contribution in [0.1, 0.15) is 20.8 Å². The molecule has 5 nitrogen and oxygen atoms in total. The van der Waals surface area contributed by atoms with E-state index < -0.39 is 5.91 Å². The van der Waals surface area contributed by atoms with E-state index in [0.29, 0.717) is 5.57 Å². The maximum atomic E-state index is 10.5.